The molecule has 3 heteroatoms. The number of hydrogen-bond donors (Lipinski definition) is 0. The van der Waals surface area contributed by atoms with Crippen LogP contribution in [-0.2, 0) is 0 Å². The SMILES string of the molecule is CCCCCCCPc1c(OC)cccc1OC. The molecule has 2 nitrogen and oxygen atoms in total. The molecule has 0 radical (unpaired) electrons. The highest BCUT2D eigenvalue weighted by Gasteiger charge is 2.08. The summed E-state index contributed by atoms with van der Waals surface area (Å²) >= 11 is 0. The molecule has 0 saturated carbocycles. The molecule has 0 aromatic heterocycles. The first kappa shape index (κ1) is 15.3. The van der Waals surface area contributed by atoms with E-state index in [1.807, 2.05) is 18.2 Å². The highest BCUT2D eigenvalue weighted by Crippen LogP contribution is 2.27. The van der Waals surface area contributed by atoms with Gasteiger partial charge in [0.2, 0.25) is 0 Å². The highest BCUT2D eigenvalue weighted by atomic mass is 31.1. The van der Waals surface area contributed by atoms with E-state index in [9.17, 15) is 0 Å². The summed E-state index contributed by atoms with van der Waals surface area (Å²) in [6, 6.07) is 6.01. The van der Waals surface area contributed by atoms with E-state index in [-0.39, 0.29) is 0 Å². The monoisotopic (exact) mass is 268 g/mol. The van der Waals surface area contributed by atoms with Crippen molar-refractivity contribution < 1.29 is 9.47 Å². The van der Waals surface area contributed by atoms with Crippen molar-refractivity contribution in [2.24, 2.45) is 0 Å². The molecule has 102 valence electrons. The van der Waals surface area contributed by atoms with Gasteiger partial charge in [0.1, 0.15) is 11.5 Å². The largest absolute Gasteiger partial charge is 0.496 e. The second-order valence-electron chi connectivity index (χ2n) is 4.38. The van der Waals surface area contributed by atoms with Crippen molar-refractivity contribution in [3.63, 3.8) is 0 Å². The van der Waals surface area contributed by atoms with Crippen LogP contribution in [0.2, 0.25) is 0 Å². The Kier molecular flexibility index (Phi) is 7.84. The van der Waals surface area contributed by atoms with Crippen LogP contribution in [0.25, 0.3) is 0 Å². The van der Waals surface area contributed by atoms with E-state index in [1.165, 1.54) is 43.6 Å². The summed E-state index contributed by atoms with van der Waals surface area (Å²) in [5.41, 5.74) is 0. The van der Waals surface area contributed by atoms with Crippen molar-refractivity contribution in [1.82, 2.24) is 0 Å². The third-order valence-corrected chi connectivity index (χ3v) is 4.46. The van der Waals surface area contributed by atoms with Gasteiger partial charge in [-0.25, -0.2) is 0 Å². The molecule has 1 aromatic rings. The van der Waals surface area contributed by atoms with Crippen molar-refractivity contribution >= 4 is 13.9 Å². The maximum absolute atomic E-state index is 5.41. The molecule has 0 aliphatic heterocycles. The highest BCUT2D eigenvalue weighted by molar-refractivity contribution is 7.47. The molecule has 1 rings (SSSR count). The summed E-state index contributed by atoms with van der Waals surface area (Å²) in [5, 5.41) is 1.23. The van der Waals surface area contributed by atoms with Crippen molar-refractivity contribution in [3.05, 3.63) is 18.2 Å². The van der Waals surface area contributed by atoms with E-state index in [0.29, 0.717) is 0 Å². The summed E-state index contributed by atoms with van der Waals surface area (Å²) in [4.78, 5) is 0. The molecule has 1 aromatic carbocycles. The predicted molar refractivity (Wildman–Crippen MR) is 81.1 cm³/mol. The Hall–Kier alpha value is -0.750. The van der Waals surface area contributed by atoms with Gasteiger partial charge < -0.3 is 9.47 Å². The zero-order chi connectivity index (χ0) is 13.2. The molecule has 0 amide bonds. The quantitative estimate of drug-likeness (QED) is 0.498. The van der Waals surface area contributed by atoms with Crippen molar-refractivity contribution in [3.8, 4) is 11.5 Å². The lowest BCUT2D eigenvalue weighted by molar-refractivity contribution is 0.401. The van der Waals surface area contributed by atoms with Crippen molar-refractivity contribution in [1.29, 1.82) is 0 Å². The van der Waals surface area contributed by atoms with Crippen LogP contribution in [0.3, 0.4) is 0 Å². The Balaban J connectivity index is 2.45. The lowest BCUT2D eigenvalue weighted by Crippen LogP contribution is -2.06. The predicted octanol–water partition coefficient (Wildman–Crippen LogP) is 3.98. The van der Waals surface area contributed by atoms with Crippen LogP contribution in [0.5, 0.6) is 11.5 Å². The summed E-state index contributed by atoms with van der Waals surface area (Å²) in [7, 11) is 4.23. The van der Waals surface area contributed by atoms with E-state index in [0.717, 1.165) is 20.1 Å². The molecular formula is C15H25O2P. The van der Waals surface area contributed by atoms with Gasteiger partial charge in [0, 0.05) is 0 Å². The first-order chi connectivity index (χ1) is 8.83. The first-order valence-electron chi connectivity index (χ1n) is 6.78. The van der Waals surface area contributed by atoms with Crippen molar-refractivity contribution in [2.75, 3.05) is 20.4 Å². The van der Waals surface area contributed by atoms with Gasteiger partial charge in [-0.3, -0.25) is 0 Å². The van der Waals surface area contributed by atoms with E-state index < -0.39 is 0 Å². The Labute approximate surface area is 113 Å². The summed E-state index contributed by atoms with van der Waals surface area (Å²) < 4.78 is 10.8. The standard InChI is InChI=1S/C15H25O2P/c1-4-5-6-7-8-12-18-15-13(16-2)10-9-11-14(15)17-3/h9-11,18H,4-8,12H2,1-3H3. The number of benzene rings is 1. The average molecular weight is 268 g/mol. The third kappa shape index (κ3) is 4.86. The number of unbranched alkanes of at least 4 members (excludes halogenated alkanes) is 4. The fourth-order valence-electron chi connectivity index (χ4n) is 1.97. The lowest BCUT2D eigenvalue weighted by atomic mass is 10.2. The molecule has 0 bridgehead atoms. The zero-order valence-corrected chi connectivity index (χ0v) is 12.8. The fourth-order valence-corrected chi connectivity index (χ4v) is 3.36. The molecule has 0 saturated heterocycles. The molecule has 1 unspecified atom stereocenters. The maximum atomic E-state index is 5.41. The summed E-state index contributed by atoms with van der Waals surface area (Å²) in [6.07, 6.45) is 7.92. The van der Waals surface area contributed by atoms with Crippen LogP contribution in [0.4, 0.5) is 0 Å². The minimum atomic E-state index is 0.778. The summed E-state index contributed by atoms with van der Waals surface area (Å²) in [5.74, 6) is 1.92. The Morgan fingerprint density at radius 1 is 0.944 bits per heavy atom. The second-order valence-corrected chi connectivity index (χ2v) is 5.73. The first-order valence-corrected chi connectivity index (χ1v) is 7.99. The van der Waals surface area contributed by atoms with Gasteiger partial charge in [0.15, 0.2) is 0 Å². The van der Waals surface area contributed by atoms with Crippen LogP contribution >= 0.6 is 8.58 Å². The Morgan fingerprint density at radius 2 is 1.56 bits per heavy atom. The van der Waals surface area contributed by atoms with Crippen LogP contribution in [-0.4, -0.2) is 20.4 Å². The number of methoxy groups -OCH3 is 2. The minimum Gasteiger partial charge on any atom is -0.496 e. The molecule has 0 aliphatic rings. The molecule has 1 atom stereocenters. The second kappa shape index (κ2) is 9.22. The molecule has 0 aliphatic carbocycles. The Bertz CT molecular complexity index is 317. The van der Waals surface area contributed by atoms with Gasteiger partial charge in [0.25, 0.3) is 0 Å². The molecule has 0 fully saturated rings. The zero-order valence-electron chi connectivity index (χ0n) is 11.8. The van der Waals surface area contributed by atoms with E-state index >= 15 is 0 Å². The molecule has 0 spiro atoms. The Morgan fingerprint density at radius 3 is 2.11 bits per heavy atom. The van der Waals surface area contributed by atoms with Crippen molar-refractivity contribution in [2.45, 2.75) is 39.0 Å². The number of ether oxygens (including phenoxy) is 2. The third-order valence-electron chi connectivity index (χ3n) is 3.01. The van der Waals surface area contributed by atoms with E-state index in [4.69, 9.17) is 9.47 Å². The van der Waals surface area contributed by atoms with Crippen LogP contribution < -0.4 is 14.8 Å². The van der Waals surface area contributed by atoms with Gasteiger partial charge >= 0.3 is 0 Å². The maximum Gasteiger partial charge on any atom is 0.129 e. The number of hydrogen-bond acceptors (Lipinski definition) is 2. The fraction of sp³-hybridized carbons (Fsp3) is 0.600. The van der Waals surface area contributed by atoms with Gasteiger partial charge in [0.05, 0.1) is 19.5 Å². The number of rotatable bonds is 9. The van der Waals surface area contributed by atoms with Crippen LogP contribution in [0, 0.1) is 0 Å². The normalized spacial score (nSPS) is 11.1. The lowest BCUT2D eigenvalue weighted by Gasteiger charge is -2.12. The van der Waals surface area contributed by atoms with Gasteiger partial charge in [-0.15, -0.1) is 0 Å². The summed E-state index contributed by atoms with van der Waals surface area (Å²) in [6.45, 7) is 2.25. The topological polar surface area (TPSA) is 18.5 Å². The van der Waals surface area contributed by atoms with Crippen LogP contribution in [0.1, 0.15) is 39.0 Å². The van der Waals surface area contributed by atoms with Crippen LogP contribution in [0.15, 0.2) is 18.2 Å². The van der Waals surface area contributed by atoms with Gasteiger partial charge in [-0.2, -0.15) is 0 Å². The smallest absolute Gasteiger partial charge is 0.129 e. The minimum absolute atomic E-state index is 0.778. The molecule has 18 heavy (non-hydrogen) atoms. The van der Waals surface area contributed by atoms with Gasteiger partial charge in [-0.05, 0) is 24.7 Å². The average Bonchev–Trinajstić information content (AvgIpc) is 2.42. The molecule has 0 heterocycles. The molecular weight excluding hydrogens is 243 g/mol. The molecule has 0 N–H and O–H groups in total. The van der Waals surface area contributed by atoms with E-state index in [2.05, 4.69) is 6.92 Å². The van der Waals surface area contributed by atoms with Gasteiger partial charge in [-0.1, -0.05) is 47.3 Å². The van der Waals surface area contributed by atoms with E-state index in [1.54, 1.807) is 14.2 Å².